The highest BCUT2D eigenvalue weighted by atomic mass is 16.6. The van der Waals surface area contributed by atoms with Gasteiger partial charge in [-0.2, -0.15) is 5.26 Å². The van der Waals surface area contributed by atoms with Gasteiger partial charge in [0.1, 0.15) is 28.4 Å². The molecule has 6 amide bonds. The molecule has 0 aliphatic carbocycles. The second-order valence-corrected chi connectivity index (χ2v) is 20.2. The van der Waals surface area contributed by atoms with E-state index in [4.69, 9.17) is 15.7 Å². The lowest BCUT2D eigenvalue weighted by Gasteiger charge is -2.24. The van der Waals surface area contributed by atoms with Gasteiger partial charge in [0, 0.05) is 125 Å². The zero-order valence-electron chi connectivity index (χ0n) is 47.6. The summed E-state index contributed by atoms with van der Waals surface area (Å²) in [7, 11) is 7.61. The molecule has 4 aromatic heterocycles. The average Bonchev–Trinajstić information content (AvgIpc) is 4.11. The maximum Gasteiger partial charge on any atom is 0.410 e. The topological polar surface area (TPSA) is 306 Å². The summed E-state index contributed by atoms with van der Waals surface area (Å²) in [6.07, 6.45) is 9.06. The summed E-state index contributed by atoms with van der Waals surface area (Å²) < 4.78 is 14.4. The van der Waals surface area contributed by atoms with Crippen molar-refractivity contribution < 1.29 is 52.6 Å². The van der Waals surface area contributed by atoms with Crippen LogP contribution >= 0.6 is 0 Å². The van der Waals surface area contributed by atoms with E-state index in [0.29, 0.717) is 55.3 Å². The third-order valence-electron chi connectivity index (χ3n) is 11.7. The standard InChI is InChI=1S/C20H30N4O4.C16H21N5O2.C12H16N2O3.C7H8N2O2/c1-13(2)18(26)23(6)15-7-9-21-16(11-15)17(25)22-14-8-10-24(12-14)19(27)28-20(3,4)5;1-11(2)16(23)20(3)13-4-6-18-14(8-13)15(22)19-12-5-7-21(9-12)10-17;1-8(2)11(15)14(3)9-5-6-13-10(7-9)12(16)17-4;1-11-7(10)6-4-5(8)2-3-9-6/h7,9,11,13-14H,8,10,12H2,1-6H3,(H,22,25);4,6,8,11-12H,5,7,9H2,1-3H3,(H,19,22);5-8H,1-4H3;2-4H,1H3,(H2,8,9)/t14-;12-;;/m11../s1. The van der Waals surface area contributed by atoms with Crippen LogP contribution < -0.4 is 31.1 Å². The van der Waals surface area contributed by atoms with Crippen molar-refractivity contribution in [1.29, 1.82) is 5.26 Å². The minimum atomic E-state index is -0.553. The maximum atomic E-state index is 12.6. The normalized spacial score (nSPS) is 14.4. The smallest absolute Gasteiger partial charge is 0.410 e. The van der Waals surface area contributed by atoms with Crippen LogP contribution in [0.5, 0.6) is 0 Å². The Kier molecular flexibility index (Phi) is 24.7. The number of amides is 6. The van der Waals surface area contributed by atoms with Crippen LogP contribution in [0, 0.1) is 29.2 Å². The molecule has 6 heterocycles. The Morgan fingerprint density at radius 2 is 0.975 bits per heavy atom. The summed E-state index contributed by atoms with van der Waals surface area (Å²) in [6.45, 7) is 18.5. The number of nitrogen functional groups attached to an aromatic ring is 1. The Bertz CT molecular complexity index is 2810. The lowest BCUT2D eigenvalue weighted by atomic mass is 10.2. The Balaban J connectivity index is 0.000000290. The van der Waals surface area contributed by atoms with Crippen LogP contribution in [-0.2, 0) is 28.6 Å². The third kappa shape index (κ3) is 20.3. The second-order valence-electron chi connectivity index (χ2n) is 20.2. The number of nitrogens with two attached hydrogens (primary N) is 1. The summed E-state index contributed by atoms with van der Waals surface area (Å²) in [5.41, 5.74) is 8.14. The zero-order chi connectivity index (χ0) is 59.3. The minimum Gasteiger partial charge on any atom is -0.464 e. The monoisotopic (exact) mass is 1090 g/mol. The first-order valence-corrected chi connectivity index (χ1v) is 25.4. The molecule has 2 atom stereocenters. The van der Waals surface area contributed by atoms with E-state index in [-0.39, 0.29) is 88.2 Å². The zero-order valence-corrected chi connectivity index (χ0v) is 47.6. The number of aromatic nitrogens is 4. The van der Waals surface area contributed by atoms with Crippen LogP contribution in [0.25, 0.3) is 0 Å². The number of likely N-dealkylation sites (tertiary alicyclic amines) is 2. The molecule has 0 bridgehead atoms. The van der Waals surface area contributed by atoms with Gasteiger partial charge < -0.3 is 55.1 Å². The van der Waals surface area contributed by atoms with Gasteiger partial charge in [-0.1, -0.05) is 41.5 Å². The van der Waals surface area contributed by atoms with Gasteiger partial charge >= 0.3 is 18.0 Å². The van der Waals surface area contributed by atoms with Crippen LogP contribution in [0.15, 0.2) is 73.3 Å². The maximum absolute atomic E-state index is 12.6. The van der Waals surface area contributed by atoms with E-state index in [0.717, 1.165) is 6.42 Å². The number of methoxy groups -OCH3 is 2. The molecular formula is C55H75N13O11. The highest BCUT2D eigenvalue weighted by Gasteiger charge is 2.31. The average molecular weight is 1090 g/mol. The van der Waals surface area contributed by atoms with E-state index in [1.165, 1.54) is 65.8 Å². The molecular weight excluding hydrogens is 1020 g/mol. The molecule has 0 unspecified atom stereocenters. The molecule has 2 aliphatic rings. The van der Waals surface area contributed by atoms with Crippen LogP contribution in [0.2, 0.25) is 0 Å². The van der Waals surface area contributed by atoms with Crippen molar-refractivity contribution in [2.45, 2.75) is 92.8 Å². The molecule has 6 rings (SSSR count). The predicted octanol–water partition coefficient (Wildman–Crippen LogP) is 5.36. The molecule has 2 saturated heterocycles. The highest BCUT2D eigenvalue weighted by molar-refractivity contribution is 5.99. The van der Waals surface area contributed by atoms with E-state index in [1.807, 2.05) is 62.3 Å². The second kappa shape index (κ2) is 30.3. The van der Waals surface area contributed by atoms with Gasteiger partial charge in [-0.25, -0.2) is 24.4 Å². The number of carbonyl (C=O) groups is 8. The van der Waals surface area contributed by atoms with Crippen molar-refractivity contribution in [3.63, 3.8) is 0 Å². The first kappa shape index (κ1) is 64.5. The number of carbonyl (C=O) groups excluding carboxylic acids is 8. The van der Waals surface area contributed by atoms with Crippen LogP contribution in [0.3, 0.4) is 0 Å². The van der Waals surface area contributed by atoms with Gasteiger partial charge in [0.05, 0.1) is 14.2 Å². The number of ether oxygens (including phenoxy) is 3. The van der Waals surface area contributed by atoms with Crippen LogP contribution in [0.1, 0.15) is 117 Å². The van der Waals surface area contributed by atoms with Crippen molar-refractivity contribution in [1.82, 2.24) is 40.4 Å². The number of rotatable bonds is 12. The van der Waals surface area contributed by atoms with Gasteiger partial charge in [-0.05, 0) is 82.1 Å². The van der Waals surface area contributed by atoms with Gasteiger partial charge in [0.2, 0.25) is 17.7 Å². The number of hydrogen-bond acceptors (Lipinski definition) is 18. The number of anilines is 4. The summed E-state index contributed by atoms with van der Waals surface area (Å²) in [5, 5.41) is 14.6. The SMILES string of the molecule is CC(C)C(=O)N(C)c1ccnc(C(=O)N[C@@H]2CCN(C#N)C2)c1.CC(C)C(=O)N(C)c1ccnc(C(=O)N[C@@H]2CCN(C(=O)OC(C)(C)C)C2)c1.COC(=O)c1cc(N(C)C(=O)C(C)C)ccn1.COC(=O)c1cc(N)ccn1. The lowest BCUT2D eigenvalue weighted by Crippen LogP contribution is -2.40. The van der Waals surface area contributed by atoms with Crippen molar-refractivity contribution >= 4 is 70.3 Å². The molecule has 24 heteroatoms. The predicted molar refractivity (Wildman–Crippen MR) is 296 cm³/mol. The Morgan fingerprint density at radius 1 is 0.608 bits per heavy atom. The molecule has 0 radical (unpaired) electrons. The molecule has 426 valence electrons. The fourth-order valence-corrected chi connectivity index (χ4v) is 7.41. The van der Waals surface area contributed by atoms with E-state index in [9.17, 15) is 38.4 Å². The molecule has 4 aromatic rings. The minimum absolute atomic E-state index is 0.0213. The Hall–Kier alpha value is -8.75. The fraction of sp³-hybridized carbons (Fsp3) is 0.473. The summed E-state index contributed by atoms with van der Waals surface area (Å²) in [5.74, 6) is -2.07. The first-order valence-electron chi connectivity index (χ1n) is 25.4. The van der Waals surface area contributed by atoms with E-state index in [1.54, 1.807) is 67.3 Å². The molecule has 24 nitrogen and oxygen atoms in total. The molecule has 0 spiro atoms. The van der Waals surface area contributed by atoms with Crippen molar-refractivity contribution in [3.05, 3.63) is 96.1 Å². The number of pyridine rings is 4. The largest absolute Gasteiger partial charge is 0.464 e. The van der Waals surface area contributed by atoms with E-state index < -0.39 is 17.5 Å². The van der Waals surface area contributed by atoms with Crippen LogP contribution in [-0.4, -0.2) is 157 Å². The molecule has 2 aliphatic heterocycles. The van der Waals surface area contributed by atoms with Crippen molar-refractivity contribution in [2.24, 2.45) is 17.8 Å². The molecule has 79 heavy (non-hydrogen) atoms. The highest BCUT2D eigenvalue weighted by Crippen LogP contribution is 2.20. The molecule has 2 fully saturated rings. The lowest BCUT2D eigenvalue weighted by molar-refractivity contribution is -0.121. The quantitative estimate of drug-likeness (QED) is 0.0913. The summed E-state index contributed by atoms with van der Waals surface area (Å²) >= 11 is 0. The first-order chi connectivity index (χ1) is 37.1. The van der Waals surface area contributed by atoms with Gasteiger partial charge in [-0.3, -0.25) is 33.9 Å². The van der Waals surface area contributed by atoms with Gasteiger partial charge in [0.25, 0.3) is 11.8 Å². The number of nitrogens with zero attached hydrogens (tertiary/aromatic N) is 10. The summed E-state index contributed by atoms with van der Waals surface area (Å²) in [4.78, 5) is 119. The molecule has 4 N–H and O–H groups in total. The van der Waals surface area contributed by atoms with Crippen molar-refractivity contribution in [3.8, 4) is 6.19 Å². The van der Waals surface area contributed by atoms with Gasteiger partial charge in [0.15, 0.2) is 6.19 Å². The van der Waals surface area contributed by atoms with Crippen molar-refractivity contribution in [2.75, 3.05) is 82.0 Å². The van der Waals surface area contributed by atoms with Gasteiger partial charge in [-0.15, -0.1) is 0 Å². The third-order valence-corrected chi connectivity index (χ3v) is 11.7. The number of hydrogen-bond donors (Lipinski definition) is 3. The summed E-state index contributed by atoms with van der Waals surface area (Å²) in [6, 6.07) is 12.6. The molecule has 0 aromatic carbocycles. The Labute approximate surface area is 462 Å². The fourth-order valence-electron chi connectivity index (χ4n) is 7.41. The van der Waals surface area contributed by atoms with E-state index in [2.05, 4.69) is 46.2 Å². The van der Waals surface area contributed by atoms with E-state index >= 15 is 0 Å². The number of nitriles is 1. The van der Waals surface area contributed by atoms with Crippen LogP contribution in [0.4, 0.5) is 27.5 Å². The molecule has 0 saturated carbocycles. The Morgan fingerprint density at radius 3 is 1.34 bits per heavy atom. The number of nitrogens with one attached hydrogen (secondary N) is 2. The number of esters is 2.